The Hall–Kier alpha value is -0.460. The molecular formula is C5H9N. The Balaban J connectivity index is 2.51. The van der Waals surface area contributed by atoms with Crippen molar-refractivity contribution in [2.75, 3.05) is 13.6 Å². The van der Waals surface area contributed by atoms with Crippen LogP contribution in [0.3, 0.4) is 0 Å². The summed E-state index contributed by atoms with van der Waals surface area (Å²) in [5, 5.41) is 0. The fourth-order valence-corrected chi connectivity index (χ4v) is 0.456. The molecule has 1 rings (SSSR count). The molecule has 0 aromatic rings. The van der Waals surface area contributed by atoms with E-state index in [1.807, 2.05) is 0 Å². The summed E-state index contributed by atoms with van der Waals surface area (Å²) in [5.74, 6) is 0. The van der Waals surface area contributed by atoms with Gasteiger partial charge in [0.05, 0.1) is 0 Å². The van der Waals surface area contributed by atoms with Crippen molar-refractivity contribution in [1.82, 2.24) is 4.90 Å². The quantitative estimate of drug-likeness (QED) is 0.419. The monoisotopic (exact) mass is 83.1 g/mol. The van der Waals surface area contributed by atoms with Gasteiger partial charge in [-0.05, 0) is 13.0 Å². The first kappa shape index (κ1) is 3.72. The highest BCUT2D eigenvalue weighted by atomic mass is 15.1. The molecule has 0 aromatic carbocycles. The van der Waals surface area contributed by atoms with Crippen molar-refractivity contribution in [3.05, 3.63) is 11.8 Å². The molecule has 0 amide bonds. The molecule has 0 aliphatic carbocycles. The summed E-state index contributed by atoms with van der Waals surface area (Å²) in [6, 6.07) is 0. The van der Waals surface area contributed by atoms with Crippen LogP contribution in [0.15, 0.2) is 11.8 Å². The molecule has 0 radical (unpaired) electrons. The summed E-state index contributed by atoms with van der Waals surface area (Å²) >= 11 is 0. The molecule has 1 nitrogen and oxygen atoms in total. The van der Waals surface area contributed by atoms with Gasteiger partial charge in [-0.2, -0.15) is 0 Å². The lowest BCUT2D eigenvalue weighted by Crippen LogP contribution is -2.24. The maximum absolute atomic E-state index is 2.21. The first-order valence-corrected chi connectivity index (χ1v) is 2.18. The van der Waals surface area contributed by atoms with E-state index in [4.69, 9.17) is 0 Å². The molecule has 0 aromatic heterocycles. The predicted molar refractivity (Wildman–Crippen MR) is 26.4 cm³/mol. The van der Waals surface area contributed by atoms with Crippen LogP contribution in [0.2, 0.25) is 0 Å². The summed E-state index contributed by atoms with van der Waals surface area (Å²) in [7, 11) is 2.09. The van der Waals surface area contributed by atoms with Crippen molar-refractivity contribution < 1.29 is 0 Å². The second-order valence-electron chi connectivity index (χ2n) is 1.73. The normalized spacial score (nSPS) is 19.7. The van der Waals surface area contributed by atoms with Crippen LogP contribution in [0.5, 0.6) is 0 Å². The van der Waals surface area contributed by atoms with Crippen molar-refractivity contribution in [2.45, 2.75) is 6.92 Å². The molecule has 0 saturated carbocycles. The Morgan fingerprint density at radius 1 is 1.83 bits per heavy atom. The van der Waals surface area contributed by atoms with Crippen LogP contribution >= 0.6 is 0 Å². The molecule has 1 heterocycles. The van der Waals surface area contributed by atoms with E-state index in [0.29, 0.717) is 0 Å². The molecule has 0 spiro atoms. The standard InChI is InChI=1S/C5H9N/c1-5-3-4-6(5)2/h3H,4H2,1-2H3. The zero-order chi connectivity index (χ0) is 4.57. The summed E-state index contributed by atoms with van der Waals surface area (Å²) in [6.45, 7) is 3.26. The van der Waals surface area contributed by atoms with Crippen LogP contribution in [0.25, 0.3) is 0 Å². The predicted octanol–water partition coefficient (Wildman–Crippen LogP) is 0.836. The molecule has 1 heteroatoms. The van der Waals surface area contributed by atoms with Crippen molar-refractivity contribution >= 4 is 0 Å². The lowest BCUT2D eigenvalue weighted by molar-refractivity contribution is 0.411. The largest absolute Gasteiger partial charge is 0.375 e. The Morgan fingerprint density at radius 2 is 2.33 bits per heavy atom. The minimum Gasteiger partial charge on any atom is -0.375 e. The van der Waals surface area contributed by atoms with Gasteiger partial charge in [0.15, 0.2) is 0 Å². The van der Waals surface area contributed by atoms with Gasteiger partial charge in [-0.1, -0.05) is 0 Å². The van der Waals surface area contributed by atoms with E-state index in [2.05, 4.69) is 24.9 Å². The third-order valence-corrected chi connectivity index (χ3v) is 1.26. The maximum atomic E-state index is 2.21. The third-order valence-electron chi connectivity index (χ3n) is 1.26. The molecule has 1 aliphatic heterocycles. The Labute approximate surface area is 38.3 Å². The average Bonchev–Trinajstić information content (AvgIpc) is 1.61. The molecule has 0 saturated heterocycles. The molecule has 0 bridgehead atoms. The van der Waals surface area contributed by atoms with Crippen LogP contribution in [-0.2, 0) is 0 Å². The van der Waals surface area contributed by atoms with Crippen molar-refractivity contribution in [2.24, 2.45) is 0 Å². The third kappa shape index (κ3) is 0.313. The van der Waals surface area contributed by atoms with Gasteiger partial charge in [0.2, 0.25) is 0 Å². The lowest BCUT2D eigenvalue weighted by atomic mass is 10.3. The summed E-state index contributed by atoms with van der Waals surface area (Å²) < 4.78 is 0. The van der Waals surface area contributed by atoms with Gasteiger partial charge in [0.25, 0.3) is 0 Å². The highest BCUT2D eigenvalue weighted by Crippen LogP contribution is 2.07. The number of hydrogen-bond acceptors (Lipinski definition) is 1. The first-order valence-electron chi connectivity index (χ1n) is 2.18. The van der Waals surface area contributed by atoms with E-state index >= 15 is 0 Å². The Morgan fingerprint density at radius 3 is 2.33 bits per heavy atom. The summed E-state index contributed by atoms with van der Waals surface area (Å²) in [6.07, 6.45) is 2.21. The molecule has 0 unspecified atom stereocenters. The average molecular weight is 83.1 g/mol. The molecule has 0 atom stereocenters. The van der Waals surface area contributed by atoms with Gasteiger partial charge in [-0.3, -0.25) is 0 Å². The van der Waals surface area contributed by atoms with E-state index in [1.54, 1.807) is 0 Å². The zero-order valence-corrected chi connectivity index (χ0v) is 4.23. The van der Waals surface area contributed by atoms with Crippen LogP contribution in [-0.4, -0.2) is 18.5 Å². The van der Waals surface area contributed by atoms with E-state index < -0.39 is 0 Å². The molecule has 0 fully saturated rings. The molecule has 0 N–H and O–H groups in total. The number of rotatable bonds is 0. The van der Waals surface area contributed by atoms with E-state index in [-0.39, 0.29) is 0 Å². The van der Waals surface area contributed by atoms with Crippen LogP contribution in [0.4, 0.5) is 0 Å². The molecule has 34 valence electrons. The van der Waals surface area contributed by atoms with E-state index in [9.17, 15) is 0 Å². The zero-order valence-electron chi connectivity index (χ0n) is 4.23. The van der Waals surface area contributed by atoms with E-state index in [1.165, 1.54) is 5.70 Å². The second kappa shape index (κ2) is 1.00. The summed E-state index contributed by atoms with van der Waals surface area (Å²) in [5.41, 5.74) is 1.40. The van der Waals surface area contributed by atoms with Gasteiger partial charge < -0.3 is 4.90 Å². The highest BCUT2D eigenvalue weighted by molar-refractivity contribution is 5.08. The van der Waals surface area contributed by atoms with Gasteiger partial charge in [-0.15, -0.1) is 0 Å². The van der Waals surface area contributed by atoms with Crippen molar-refractivity contribution in [3.63, 3.8) is 0 Å². The van der Waals surface area contributed by atoms with Gasteiger partial charge in [0.1, 0.15) is 0 Å². The number of likely N-dealkylation sites (N-methyl/N-ethyl adjacent to an activating group) is 1. The Kier molecular flexibility index (Phi) is 0.621. The lowest BCUT2D eigenvalue weighted by Gasteiger charge is -2.26. The number of nitrogens with zero attached hydrogens (tertiary/aromatic N) is 1. The maximum Gasteiger partial charge on any atom is 0.0372 e. The van der Waals surface area contributed by atoms with Crippen LogP contribution in [0, 0.1) is 0 Å². The van der Waals surface area contributed by atoms with Crippen molar-refractivity contribution in [3.8, 4) is 0 Å². The van der Waals surface area contributed by atoms with Gasteiger partial charge >= 0.3 is 0 Å². The molecule has 1 aliphatic rings. The topological polar surface area (TPSA) is 3.24 Å². The van der Waals surface area contributed by atoms with Crippen LogP contribution < -0.4 is 0 Å². The fourth-order valence-electron chi connectivity index (χ4n) is 0.456. The number of allylic oxidation sites excluding steroid dienone is 1. The highest BCUT2D eigenvalue weighted by Gasteiger charge is 2.03. The molecule has 6 heavy (non-hydrogen) atoms. The Bertz CT molecular complexity index is 83.9. The van der Waals surface area contributed by atoms with E-state index in [0.717, 1.165) is 6.54 Å². The van der Waals surface area contributed by atoms with Crippen molar-refractivity contribution in [1.29, 1.82) is 0 Å². The minimum absolute atomic E-state index is 1.14. The van der Waals surface area contributed by atoms with Crippen LogP contribution in [0.1, 0.15) is 6.92 Å². The molecular weight excluding hydrogens is 74.1 g/mol. The SMILES string of the molecule is CC1=CCN1C. The van der Waals surface area contributed by atoms with Gasteiger partial charge in [0, 0.05) is 19.3 Å². The summed E-state index contributed by atoms with van der Waals surface area (Å²) in [4.78, 5) is 2.21. The smallest absolute Gasteiger partial charge is 0.0372 e. The van der Waals surface area contributed by atoms with Gasteiger partial charge in [-0.25, -0.2) is 0 Å². The first-order chi connectivity index (χ1) is 2.80. The number of hydrogen-bond donors (Lipinski definition) is 0. The minimum atomic E-state index is 1.14. The fraction of sp³-hybridized carbons (Fsp3) is 0.600. The second-order valence-corrected chi connectivity index (χ2v) is 1.73.